The minimum absolute atomic E-state index is 0.0112. The quantitative estimate of drug-likeness (QED) is 0.0327. The number of hydrogen-bond donors (Lipinski definition) is 4. The Hall–Kier alpha value is -4.64. The Morgan fingerprint density at radius 1 is 0.633 bits per heavy atom. The van der Waals surface area contributed by atoms with Crippen LogP contribution in [-0.4, -0.2) is 203 Å². The number of amides is 2. The van der Waals surface area contributed by atoms with Crippen molar-refractivity contribution in [1.82, 2.24) is 5.06 Å². The molecular formula is C49H70N3O23S4+. The summed E-state index contributed by atoms with van der Waals surface area (Å²) in [7, 11) is -16.7. The second-order valence-electron chi connectivity index (χ2n) is 18.8. The molecule has 3 aliphatic heterocycles. The number of imide groups is 1. The molecule has 0 spiro atoms. The van der Waals surface area contributed by atoms with Crippen LogP contribution in [0.15, 0.2) is 70.1 Å². The SMILES string of the molecule is COCCN1C(=CC=CC2=[N+](CCOCCOCCOCCOCCOCCOCCC(=O)ON3C(=O)CCC3=O)c3ccc(S(=O)(=O)O)cc3C2(C)CCCS(=O)(=O)O)C(C)(CCCS(=O)(=O)O)c2cc(S(=O)(=O)O)ccc21. The van der Waals surface area contributed by atoms with Crippen molar-refractivity contribution in [1.29, 1.82) is 0 Å². The summed E-state index contributed by atoms with van der Waals surface area (Å²) in [6, 6.07) is 8.12. The van der Waals surface area contributed by atoms with Crippen molar-refractivity contribution in [2.45, 2.75) is 79.4 Å². The highest BCUT2D eigenvalue weighted by Crippen LogP contribution is 2.51. The lowest BCUT2D eigenvalue weighted by molar-refractivity contribution is -0.442. The highest BCUT2D eigenvalue weighted by molar-refractivity contribution is 7.86. The van der Waals surface area contributed by atoms with Gasteiger partial charge in [-0.3, -0.25) is 27.8 Å². The van der Waals surface area contributed by atoms with Crippen LogP contribution in [0.2, 0.25) is 0 Å². The van der Waals surface area contributed by atoms with E-state index in [-0.39, 0.29) is 117 Å². The molecular weight excluding hydrogens is 1130 g/mol. The Kier molecular flexibility index (Phi) is 24.2. The highest BCUT2D eigenvalue weighted by Gasteiger charge is 2.49. The topological polar surface area (TPSA) is 352 Å². The van der Waals surface area contributed by atoms with Gasteiger partial charge in [0.25, 0.3) is 52.3 Å². The van der Waals surface area contributed by atoms with Crippen molar-refractivity contribution < 1.29 is 109 Å². The Morgan fingerprint density at radius 2 is 1.10 bits per heavy atom. The van der Waals surface area contributed by atoms with Crippen molar-refractivity contribution in [3.63, 3.8) is 0 Å². The third-order valence-electron chi connectivity index (χ3n) is 13.2. The van der Waals surface area contributed by atoms with Crippen molar-refractivity contribution in [2.24, 2.45) is 0 Å². The molecule has 1 saturated heterocycles. The van der Waals surface area contributed by atoms with E-state index in [1.54, 1.807) is 32.1 Å². The van der Waals surface area contributed by atoms with E-state index in [0.717, 1.165) is 0 Å². The second-order valence-corrected chi connectivity index (χ2v) is 24.8. The standard InChI is InChI=1S/C49H69N3O23S4/c1-48(16-5-33-76(56,57)58)39-35-37(78(62,63)64)9-11-41(39)50(18-21-68-3)43(48)7-4-8-44-49(2,17-6-34-77(59,60)61)40-36-38(79(65,66)67)10-12-42(40)51(44)19-22-70-24-26-72-28-30-74-32-31-73-29-27-71-25-23-69-20-15-47(55)75-52-45(53)13-14-46(52)54/h4,7-12,35-36H,5-6,13-34H2,1-3H3,(H3-,56,57,58,59,60,61,62,63,64,65,66,67)/p+1. The Labute approximate surface area is 460 Å². The number of allylic oxidation sites excluding steroid dienone is 4. The molecule has 0 aliphatic carbocycles. The zero-order valence-electron chi connectivity index (χ0n) is 44.2. The van der Waals surface area contributed by atoms with Gasteiger partial charge in [-0.1, -0.05) is 6.08 Å². The predicted molar refractivity (Wildman–Crippen MR) is 281 cm³/mol. The maximum absolute atomic E-state index is 12.5. The molecule has 30 heteroatoms. The first-order valence-corrected chi connectivity index (χ1v) is 31.3. The molecule has 2 atom stereocenters. The van der Waals surface area contributed by atoms with Gasteiger partial charge >= 0.3 is 5.97 Å². The fourth-order valence-electron chi connectivity index (χ4n) is 9.34. The van der Waals surface area contributed by atoms with Gasteiger partial charge in [-0.15, -0.1) is 5.06 Å². The number of carbonyl (C=O) groups is 3. The van der Waals surface area contributed by atoms with Crippen molar-refractivity contribution in [3.8, 4) is 0 Å². The van der Waals surface area contributed by atoms with E-state index in [1.807, 2.05) is 9.48 Å². The van der Waals surface area contributed by atoms with Crippen LogP contribution in [0.1, 0.15) is 69.9 Å². The molecule has 26 nitrogen and oxygen atoms in total. The lowest BCUT2D eigenvalue weighted by Crippen LogP contribution is -2.33. The van der Waals surface area contributed by atoms with Gasteiger partial charge in [0, 0.05) is 61.0 Å². The molecule has 2 amide bonds. The summed E-state index contributed by atoms with van der Waals surface area (Å²) >= 11 is 0. The second kappa shape index (κ2) is 29.4. The molecule has 0 radical (unpaired) electrons. The van der Waals surface area contributed by atoms with E-state index >= 15 is 0 Å². The van der Waals surface area contributed by atoms with E-state index in [2.05, 4.69) is 0 Å². The number of carbonyl (C=O) groups excluding carboxylic acids is 3. The van der Waals surface area contributed by atoms with Crippen LogP contribution in [0, 0.1) is 0 Å². The summed E-state index contributed by atoms with van der Waals surface area (Å²) in [6.07, 6.45) is 5.06. The zero-order chi connectivity index (χ0) is 58.1. The molecule has 2 unspecified atom stereocenters. The average Bonchev–Trinajstić information content (AvgIpc) is 4.11. The smallest absolute Gasteiger partial charge is 0.335 e. The third kappa shape index (κ3) is 19.2. The Bertz CT molecular complexity index is 3010. The van der Waals surface area contributed by atoms with E-state index in [9.17, 15) is 66.3 Å². The molecule has 2 aromatic rings. The van der Waals surface area contributed by atoms with Crippen LogP contribution in [0.3, 0.4) is 0 Å². The minimum Gasteiger partial charge on any atom is -0.383 e. The molecule has 0 aromatic heterocycles. The summed E-state index contributed by atoms with van der Waals surface area (Å²) in [6.45, 7) is 6.82. The first kappa shape index (κ1) is 65.2. The van der Waals surface area contributed by atoms with Gasteiger partial charge < -0.3 is 42.9 Å². The lowest BCUT2D eigenvalue weighted by Gasteiger charge is -2.30. The van der Waals surface area contributed by atoms with Gasteiger partial charge in [0.15, 0.2) is 12.3 Å². The number of benzene rings is 2. The number of rotatable bonds is 37. The van der Waals surface area contributed by atoms with E-state index < -0.39 is 90.4 Å². The lowest BCUT2D eigenvalue weighted by atomic mass is 9.75. The number of anilines is 1. The number of nitrogens with zero attached hydrogens (tertiary/aromatic N) is 3. The van der Waals surface area contributed by atoms with Crippen molar-refractivity contribution in [2.75, 3.05) is 122 Å². The van der Waals surface area contributed by atoms with E-state index in [1.165, 1.54) is 43.5 Å². The van der Waals surface area contributed by atoms with E-state index in [4.69, 9.17) is 38.0 Å². The van der Waals surface area contributed by atoms with Gasteiger partial charge in [0.1, 0.15) is 6.61 Å². The third-order valence-corrected chi connectivity index (χ3v) is 16.5. The largest absolute Gasteiger partial charge is 0.383 e. The van der Waals surface area contributed by atoms with Gasteiger partial charge in [-0.05, 0) is 81.5 Å². The van der Waals surface area contributed by atoms with Crippen LogP contribution < -0.4 is 4.90 Å². The summed E-state index contributed by atoms with van der Waals surface area (Å²) in [4.78, 5) is 40.7. The monoisotopic (exact) mass is 1200 g/mol. The van der Waals surface area contributed by atoms with Crippen LogP contribution >= 0.6 is 0 Å². The first-order chi connectivity index (χ1) is 37.2. The van der Waals surface area contributed by atoms with Gasteiger partial charge in [0.05, 0.1) is 112 Å². The van der Waals surface area contributed by atoms with Gasteiger partial charge in [-0.2, -0.15) is 38.2 Å². The highest BCUT2D eigenvalue weighted by atomic mass is 32.2. The van der Waals surface area contributed by atoms with Crippen molar-refractivity contribution >= 4 is 75.3 Å². The summed E-state index contributed by atoms with van der Waals surface area (Å²) in [5.41, 5.74) is 0.752. The Balaban J connectivity index is 1.20. The number of hydroxylamine groups is 2. The summed E-state index contributed by atoms with van der Waals surface area (Å²) in [5.74, 6) is -3.08. The molecule has 1 fully saturated rings. The Morgan fingerprint density at radius 3 is 1.59 bits per heavy atom. The van der Waals surface area contributed by atoms with Gasteiger partial charge in [-0.25, -0.2) is 4.79 Å². The maximum Gasteiger partial charge on any atom is 0.335 e. The predicted octanol–water partition coefficient (Wildman–Crippen LogP) is 2.83. The molecule has 5 rings (SSSR count). The number of ether oxygens (including phenoxy) is 7. The molecule has 3 aliphatic rings. The molecule has 442 valence electrons. The van der Waals surface area contributed by atoms with Crippen LogP contribution in [0.4, 0.5) is 11.4 Å². The van der Waals surface area contributed by atoms with Crippen LogP contribution in [0.5, 0.6) is 0 Å². The number of hydrogen-bond acceptors (Lipinski definition) is 20. The number of fused-ring (bicyclic) bond motifs is 2. The fourth-order valence-corrected chi connectivity index (χ4v) is 11.4. The zero-order valence-corrected chi connectivity index (χ0v) is 47.5. The summed E-state index contributed by atoms with van der Waals surface area (Å²) in [5, 5.41) is 0.483. The van der Waals surface area contributed by atoms with Crippen LogP contribution in [-0.2, 0) is 104 Å². The molecule has 2 aromatic carbocycles. The molecule has 79 heavy (non-hydrogen) atoms. The first-order valence-electron chi connectivity index (χ1n) is 25.2. The molecule has 4 N–H and O–H groups in total. The van der Waals surface area contributed by atoms with Crippen molar-refractivity contribution in [3.05, 3.63) is 71.5 Å². The minimum atomic E-state index is -4.71. The number of methoxy groups -OCH3 is 1. The molecule has 0 bridgehead atoms. The van der Waals surface area contributed by atoms with E-state index in [0.29, 0.717) is 65.4 Å². The average molecular weight is 1200 g/mol. The fraction of sp³-hybridized carbons (Fsp3) is 0.592. The normalized spacial score (nSPS) is 19.4. The van der Waals surface area contributed by atoms with Crippen LogP contribution in [0.25, 0.3) is 0 Å². The molecule has 3 heterocycles. The maximum atomic E-state index is 12.5. The van der Waals surface area contributed by atoms with Gasteiger partial charge in [0.2, 0.25) is 5.69 Å². The summed E-state index contributed by atoms with van der Waals surface area (Å²) < 4.78 is 177. The molecule has 0 saturated carbocycles.